The molecular formula is C12H9N5O3S. The lowest BCUT2D eigenvalue weighted by Crippen LogP contribution is -2.26. The summed E-state index contributed by atoms with van der Waals surface area (Å²) in [5.41, 5.74) is 6.09. The maximum Gasteiger partial charge on any atom is 0.286 e. The molecule has 0 aliphatic carbocycles. The molecule has 2 aromatic rings. The molecule has 1 saturated heterocycles. The summed E-state index contributed by atoms with van der Waals surface area (Å²) in [5, 5.41) is 8.27. The van der Waals surface area contributed by atoms with E-state index in [1.54, 1.807) is 24.3 Å². The number of amides is 2. The molecule has 2 heterocycles. The smallest absolute Gasteiger partial charge is 0.286 e. The summed E-state index contributed by atoms with van der Waals surface area (Å²) in [7, 11) is 0. The van der Waals surface area contributed by atoms with Gasteiger partial charge in [-0.1, -0.05) is 12.1 Å². The van der Waals surface area contributed by atoms with E-state index >= 15 is 0 Å². The first kappa shape index (κ1) is 13.3. The van der Waals surface area contributed by atoms with Gasteiger partial charge >= 0.3 is 0 Å². The van der Waals surface area contributed by atoms with Crippen LogP contribution in [0.1, 0.15) is 10.9 Å². The van der Waals surface area contributed by atoms with Gasteiger partial charge in [0, 0.05) is 11.3 Å². The largest absolute Gasteiger partial charge is 0.398 e. The number of nitrogens with two attached hydrogens (primary N) is 1. The van der Waals surface area contributed by atoms with E-state index in [1.165, 1.54) is 0 Å². The zero-order valence-electron chi connectivity index (χ0n) is 10.5. The standard InChI is InChI=1S/C12H9N5O3S/c13-6-4-2-1-3-5(6)9-14-10(18)7(16-17-9)8-11(19)15-12(20)21-8/h1-4,8H,13H2,(H,14,17,18)(H,15,19,20). The molecule has 0 radical (unpaired) electrons. The van der Waals surface area contributed by atoms with Crippen LogP contribution in [-0.2, 0) is 4.79 Å². The van der Waals surface area contributed by atoms with Gasteiger partial charge in [0.25, 0.3) is 10.8 Å². The molecule has 1 aromatic heterocycles. The van der Waals surface area contributed by atoms with Crippen molar-refractivity contribution < 1.29 is 9.59 Å². The molecule has 1 aliphatic heterocycles. The highest BCUT2D eigenvalue weighted by atomic mass is 32.2. The molecule has 3 rings (SSSR count). The fourth-order valence-corrected chi connectivity index (χ4v) is 2.69. The molecule has 21 heavy (non-hydrogen) atoms. The number of nitrogen functional groups attached to an aromatic ring is 1. The van der Waals surface area contributed by atoms with Crippen molar-refractivity contribution in [1.29, 1.82) is 0 Å². The number of nitrogens with one attached hydrogen (secondary N) is 2. The molecule has 106 valence electrons. The van der Waals surface area contributed by atoms with Crippen LogP contribution in [0, 0.1) is 0 Å². The minimum atomic E-state index is -0.976. The van der Waals surface area contributed by atoms with Crippen molar-refractivity contribution in [3.05, 3.63) is 40.3 Å². The number of carbonyl (C=O) groups is 2. The Labute approximate surface area is 122 Å². The van der Waals surface area contributed by atoms with Gasteiger partial charge in [-0.25, -0.2) is 0 Å². The van der Waals surface area contributed by atoms with Crippen molar-refractivity contribution in [3.8, 4) is 11.4 Å². The van der Waals surface area contributed by atoms with Crippen molar-refractivity contribution in [2.75, 3.05) is 5.73 Å². The summed E-state index contributed by atoms with van der Waals surface area (Å²) in [5.74, 6) is -0.367. The van der Waals surface area contributed by atoms with Crippen LogP contribution >= 0.6 is 11.8 Å². The molecular weight excluding hydrogens is 294 g/mol. The number of hydrogen-bond donors (Lipinski definition) is 3. The van der Waals surface area contributed by atoms with Gasteiger partial charge in [-0.3, -0.25) is 19.7 Å². The predicted octanol–water partition coefficient (Wildman–Crippen LogP) is 0.438. The van der Waals surface area contributed by atoms with Crippen molar-refractivity contribution in [1.82, 2.24) is 20.5 Å². The van der Waals surface area contributed by atoms with Gasteiger partial charge in [-0.05, 0) is 23.9 Å². The average molecular weight is 303 g/mol. The minimum absolute atomic E-state index is 0.110. The molecule has 1 fully saturated rings. The van der Waals surface area contributed by atoms with Crippen LogP contribution in [0.5, 0.6) is 0 Å². The summed E-state index contributed by atoms with van der Waals surface area (Å²) in [4.78, 5) is 37.3. The van der Waals surface area contributed by atoms with E-state index in [9.17, 15) is 14.4 Å². The molecule has 8 nitrogen and oxygen atoms in total. The van der Waals surface area contributed by atoms with Crippen LogP contribution in [0.4, 0.5) is 10.5 Å². The summed E-state index contributed by atoms with van der Waals surface area (Å²) < 4.78 is 0. The Morgan fingerprint density at radius 3 is 2.52 bits per heavy atom. The molecule has 0 saturated carbocycles. The monoisotopic (exact) mass is 303 g/mol. The number of nitrogens with zero attached hydrogens (tertiary/aromatic N) is 2. The van der Waals surface area contributed by atoms with E-state index in [2.05, 4.69) is 20.5 Å². The van der Waals surface area contributed by atoms with Crippen molar-refractivity contribution in [2.45, 2.75) is 5.25 Å². The maximum absolute atomic E-state index is 12.1. The summed E-state index contributed by atoms with van der Waals surface area (Å²) in [6, 6.07) is 6.86. The second-order valence-electron chi connectivity index (χ2n) is 4.25. The Morgan fingerprint density at radius 2 is 1.90 bits per heavy atom. The van der Waals surface area contributed by atoms with E-state index in [0.29, 0.717) is 23.0 Å². The second-order valence-corrected chi connectivity index (χ2v) is 5.33. The van der Waals surface area contributed by atoms with Crippen LogP contribution in [-0.4, -0.2) is 26.3 Å². The van der Waals surface area contributed by atoms with Gasteiger partial charge < -0.3 is 10.7 Å². The highest BCUT2D eigenvalue weighted by Gasteiger charge is 2.36. The van der Waals surface area contributed by atoms with E-state index in [1.807, 2.05) is 0 Å². The Balaban J connectivity index is 2.02. The lowest BCUT2D eigenvalue weighted by molar-refractivity contribution is -0.119. The van der Waals surface area contributed by atoms with Crippen LogP contribution in [0.2, 0.25) is 0 Å². The highest BCUT2D eigenvalue weighted by molar-refractivity contribution is 8.15. The first-order chi connectivity index (χ1) is 10.1. The number of hydrogen-bond acceptors (Lipinski definition) is 7. The summed E-state index contributed by atoms with van der Waals surface area (Å²) in [6.45, 7) is 0. The van der Waals surface area contributed by atoms with Crippen LogP contribution in [0.3, 0.4) is 0 Å². The Hall–Kier alpha value is -2.68. The van der Waals surface area contributed by atoms with Crippen LogP contribution in [0.25, 0.3) is 11.4 Å². The van der Waals surface area contributed by atoms with Gasteiger partial charge in [-0.2, -0.15) is 0 Å². The number of rotatable bonds is 2. The molecule has 4 N–H and O–H groups in total. The van der Waals surface area contributed by atoms with Gasteiger partial charge in [-0.15, -0.1) is 10.2 Å². The number of carbonyl (C=O) groups excluding carboxylic acids is 2. The van der Waals surface area contributed by atoms with E-state index < -0.39 is 22.0 Å². The Morgan fingerprint density at radius 1 is 1.14 bits per heavy atom. The van der Waals surface area contributed by atoms with Gasteiger partial charge in [0.05, 0.1) is 0 Å². The summed E-state index contributed by atoms with van der Waals surface area (Å²) in [6.07, 6.45) is 0. The van der Waals surface area contributed by atoms with Crippen molar-refractivity contribution >= 4 is 28.6 Å². The minimum Gasteiger partial charge on any atom is -0.398 e. The third-order valence-electron chi connectivity index (χ3n) is 2.87. The number of imide groups is 1. The number of aromatic amines is 1. The molecule has 0 spiro atoms. The summed E-state index contributed by atoms with van der Waals surface area (Å²) >= 11 is 0.699. The topological polar surface area (TPSA) is 131 Å². The molecule has 1 atom stereocenters. The third-order valence-corrected chi connectivity index (χ3v) is 3.86. The molecule has 0 bridgehead atoms. The second kappa shape index (κ2) is 5.02. The molecule has 9 heteroatoms. The molecule has 1 aromatic carbocycles. The maximum atomic E-state index is 12.1. The lowest BCUT2D eigenvalue weighted by atomic mass is 10.2. The van der Waals surface area contributed by atoms with Crippen LogP contribution < -0.4 is 16.6 Å². The van der Waals surface area contributed by atoms with E-state index in [0.717, 1.165) is 0 Å². The van der Waals surface area contributed by atoms with E-state index in [-0.39, 0.29) is 11.5 Å². The first-order valence-corrected chi connectivity index (χ1v) is 6.77. The lowest BCUT2D eigenvalue weighted by Gasteiger charge is -2.06. The van der Waals surface area contributed by atoms with Crippen molar-refractivity contribution in [2.24, 2.45) is 0 Å². The average Bonchev–Trinajstić information content (AvgIpc) is 2.78. The van der Waals surface area contributed by atoms with Crippen LogP contribution in [0.15, 0.2) is 29.1 Å². The quantitative estimate of drug-likeness (QED) is 0.686. The van der Waals surface area contributed by atoms with Gasteiger partial charge in [0.15, 0.2) is 11.5 Å². The number of H-pyrrole nitrogens is 1. The van der Waals surface area contributed by atoms with E-state index in [4.69, 9.17) is 5.73 Å². The number of thioether (sulfide) groups is 1. The third kappa shape index (κ3) is 2.38. The fourth-order valence-electron chi connectivity index (χ4n) is 1.89. The Bertz CT molecular complexity index is 803. The zero-order valence-corrected chi connectivity index (χ0v) is 11.3. The SMILES string of the molecule is Nc1ccccc1-c1nnc(C2SC(=O)NC2=O)c(=O)[nH]1. The zero-order chi connectivity index (χ0) is 15.0. The number of aromatic nitrogens is 3. The first-order valence-electron chi connectivity index (χ1n) is 5.89. The molecule has 2 amide bonds. The van der Waals surface area contributed by atoms with Gasteiger partial charge in [0.1, 0.15) is 5.25 Å². The molecule has 1 unspecified atom stereocenters. The van der Waals surface area contributed by atoms with Gasteiger partial charge in [0.2, 0.25) is 5.91 Å². The van der Waals surface area contributed by atoms with Crippen molar-refractivity contribution in [3.63, 3.8) is 0 Å². The number of benzene rings is 1. The predicted molar refractivity (Wildman–Crippen MR) is 76.4 cm³/mol. The fraction of sp³-hybridized carbons (Fsp3) is 0.0833. The highest BCUT2D eigenvalue weighted by Crippen LogP contribution is 2.31. The Kier molecular flexibility index (Phi) is 3.18. The number of para-hydroxylation sites is 1. The number of anilines is 1. The molecule has 1 aliphatic rings. The normalized spacial score (nSPS) is 17.8.